The lowest BCUT2D eigenvalue weighted by atomic mass is 9.81. The van der Waals surface area contributed by atoms with E-state index in [4.69, 9.17) is 0 Å². The van der Waals surface area contributed by atoms with E-state index < -0.39 is 0 Å². The maximum Gasteiger partial charge on any atom is 0.0584 e. The molecule has 1 heterocycles. The van der Waals surface area contributed by atoms with E-state index in [-0.39, 0.29) is 6.10 Å². The molecule has 0 bridgehead atoms. The fourth-order valence-corrected chi connectivity index (χ4v) is 2.15. The Morgan fingerprint density at radius 1 is 1.60 bits per heavy atom. The van der Waals surface area contributed by atoms with E-state index in [1.54, 1.807) is 0 Å². The van der Waals surface area contributed by atoms with Gasteiger partial charge in [-0.25, -0.2) is 0 Å². The van der Waals surface area contributed by atoms with Gasteiger partial charge in [0.05, 0.1) is 12.3 Å². The number of hydrogen-bond donors (Lipinski definition) is 1. The fourth-order valence-electron chi connectivity index (χ4n) is 2.15. The summed E-state index contributed by atoms with van der Waals surface area (Å²) in [7, 11) is 0. The zero-order valence-corrected chi connectivity index (χ0v) is 9.39. The van der Waals surface area contributed by atoms with Gasteiger partial charge < -0.3 is 5.11 Å². The molecule has 3 heteroatoms. The van der Waals surface area contributed by atoms with Crippen LogP contribution >= 0.6 is 0 Å². The Bertz CT molecular complexity index is 304. The highest BCUT2D eigenvalue weighted by Crippen LogP contribution is 2.30. The van der Waals surface area contributed by atoms with Crippen molar-refractivity contribution in [2.75, 3.05) is 0 Å². The van der Waals surface area contributed by atoms with E-state index in [1.807, 2.05) is 17.1 Å². The molecular weight excluding hydrogens is 188 g/mol. The largest absolute Gasteiger partial charge is 0.393 e. The molecule has 0 amide bonds. The third kappa shape index (κ3) is 2.81. The molecule has 0 saturated heterocycles. The first-order chi connectivity index (χ1) is 7.28. The number of aliphatic hydroxyl groups excluding tert-OH is 1. The molecule has 1 N–H and O–H groups in total. The van der Waals surface area contributed by atoms with Crippen LogP contribution in [0.1, 0.15) is 38.2 Å². The smallest absolute Gasteiger partial charge is 0.0584 e. The van der Waals surface area contributed by atoms with Crippen molar-refractivity contribution < 1.29 is 5.11 Å². The van der Waals surface area contributed by atoms with E-state index >= 15 is 0 Å². The lowest BCUT2D eigenvalue weighted by Gasteiger charge is -2.27. The third-order valence-corrected chi connectivity index (χ3v) is 3.31. The van der Waals surface area contributed by atoms with Crippen molar-refractivity contribution in [3.05, 3.63) is 18.0 Å². The summed E-state index contributed by atoms with van der Waals surface area (Å²) >= 11 is 0. The zero-order valence-electron chi connectivity index (χ0n) is 9.39. The van der Waals surface area contributed by atoms with Crippen molar-refractivity contribution in [1.29, 1.82) is 0 Å². The van der Waals surface area contributed by atoms with Gasteiger partial charge >= 0.3 is 0 Å². The average Bonchev–Trinajstić information content (AvgIpc) is 2.59. The molecule has 1 atom stereocenters. The molecule has 15 heavy (non-hydrogen) atoms. The highest BCUT2D eigenvalue weighted by atomic mass is 16.3. The first-order valence-electron chi connectivity index (χ1n) is 5.97. The van der Waals surface area contributed by atoms with Crippen LogP contribution in [-0.2, 0) is 13.0 Å². The Kier molecular flexibility index (Phi) is 3.41. The summed E-state index contributed by atoms with van der Waals surface area (Å²) in [5.41, 5.74) is 1.16. The highest BCUT2D eigenvalue weighted by Gasteiger charge is 2.21. The Labute approximate surface area is 91.1 Å². The predicted molar refractivity (Wildman–Crippen MR) is 59.6 cm³/mol. The van der Waals surface area contributed by atoms with Gasteiger partial charge in [0.1, 0.15) is 0 Å². The minimum Gasteiger partial charge on any atom is -0.393 e. The van der Waals surface area contributed by atoms with E-state index in [0.717, 1.165) is 30.9 Å². The van der Waals surface area contributed by atoms with Crippen LogP contribution in [0.5, 0.6) is 0 Å². The lowest BCUT2D eigenvalue weighted by molar-refractivity contribution is 0.118. The second-order valence-electron chi connectivity index (χ2n) is 4.59. The second kappa shape index (κ2) is 4.79. The van der Waals surface area contributed by atoms with Crippen LogP contribution in [0.4, 0.5) is 0 Å². The number of rotatable bonds is 5. The van der Waals surface area contributed by atoms with Crippen LogP contribution in [0, 0.1) is 5.92 Å². The summed E-state index contributed by atoms with van der Waals surface area (Å²) in [6.07, 6.45) is 9.43. The molecule has 1 fully saturated rings. The van der Waals surface area contributed by atoms with Gasteiger partial charge in [-0.15, -0.1) is 0 Å². The topological polar surface area (TPSA) is 38.0 Å². The zero-order chi connectivity index (χ0) is 10.7. The Balaban J connectivity index is 1.79. The van der Waals surface area contributed by atoms with Gasteiger partial charge in [-0.3, -0.25) is 4.68 Å². The monoisotopic (exact) mass is 208 g/mol. The molecule has 2 rings (SSSR count). The highest BCUT2D eigenvalue weighted by molar-refractivity contribution is 5.05. The van der Waals surface area contributed by atoms with Crippen molar-refractivity contribution in [2.45, 2.75) is 51.7 Å². The van der Waals surface area contributed by atoms with Gasteiger partial charge in [-0.2, -0.15) is 5.10 Å². The molecule has 0 radical (unpaired) electrons. The van der Waals surface area contributed by atoms with Gasteiger partial charge in [0.25, 0.3) is 0 Å². The van der Waals surface area contributed by atoms with E-state index in [0.29, 0.717) is 0 Å². The van der Waals surface area contributed by atoms with Crippen LogP contribution in [0.25, 0.3) is 0 Å². The summed E-state index contributed by atoms with van der Waals surface area (Å²) in [6, 6.07) is 0. The molecule has 1 unspecified atom stereocenters. The number of hydrogen-bond acceptors (Lipinski definition) is 2. The lowest BCUT2D eigenvalue weighted by Crippen LogP contribution is -2.20. The van der Waals surface area contributed by atoms with Crippen LogP contribution < -0.4 is 0 Å². The molecule has 1 aliphatic rings. The summed E-state index contributed by atoms with van der Waals surface area (Å²) in [5.74, 6) is 0.779. The fraction of sp³-hybridized carbons (Fsp3) is 0.750. The molecule has 84 valence electrons. The SMILES string of the molecule is CCn1cc(CC(O)CC2CCC2)cn1. The standard InChI is InChI=1S/C12H20N2O/c1-2-14-9-11(8-13-14)7-12(15)6-10-4-3-5-10/h8-10,12,15H,2-7H2,1H3. The van der Waals surface area contributed by atoms with Gasteiger partial charge in [0.2, 0.25) is 0 Å². The van der Waals surface area contributed by atoms with E-state index in [2.05, 4.69) is 12.0 Å². The van der Waals surface area contributed by atoms with Gasteiger partial charge in [0, 0.05) is 19.2 Å². The van der Waals surface area contributed by atoms with E-state index in [1.165, 1.54) is 19.3 Å². The first kappa shape index (κ1) is 10.7. The predicted octanol–water partition coefficient (Wildman–Crippen LogP) is 2.00. The molecule has 1 aromatic rings. The maximum atomic E-state index is 9.88. The van der Waals surface area contributed by atoms with Crippen molar-refractivity contribution in [3.8, 4) is 0 Å². The van der Waals surface area contributed by atoms with Gasteiger partial charge in [-0.1, -0.05) is 19.3 Å². The molecule has 0 spiro atoms. The van der Waals surface area contributed by atoms with E-state index in [9.17, 15) is 5.11 Å². The van der Waals surface area contributed by atoms with Crippen molar-refractivity contribution in [1.82, 2.24) is 9.78 Å². The Hall–Kier alpha value is -0.830. The molecular formula is C12H20N2O. The Morgan fingerprint density at radius 3 is 2.93 bits per heavy atom. The van der Waals surface area contributed by atoms with Crippen molar-refractivity contribution in [2.24, 2.45) is 5.92 Å². The quantitative estimate of drug-likeness (QED) is 0.803. The molecule has 0 aromatic carbocycles. The molecule has 0 aliphatic heterocycles. The minimum absolute atomic E-state index is 0.176. The number of aliphatic hydroxyl groups is 1. The maximum absolute atomic E-state index is 9.88. The number of aryl methyl sites for hydroxylation is 1. The average molecular weight is 208 g/mol. The van der Waals surface area contributed by atoms with Gasteiger partial charge in [0.15, 0.2) is 0 Å². The normalized spacial score (nSPS) is 18.8. The molecule has 3 nitrogen and oxygen atoms in total. The summed E-state index contributed by atoms with van der Waals surface area (Å²) in [5, 5.41) is 14.1. The summed E-state index contributed by atoms with van der Waals surface area (Å²) < 4.78 is 1.91. The van der Waals surface area contributed by atoms with Crippen LogP contribution in [0.15, 0.2) is 12.4 Å². The molecule has 1 saturated carbocycles. The van der Waals surface area contributed by atoms with Crippen molar-refractivity contribution in [3.63, 3.8) is 0 Å². The third-order valence-electron chi connectivity index (χ3n) is 3.31. The van der Waals surface area contributed by atoms with Crippen LogP contribution in [0.2, 0.25) is 0 Å². The van der Waals surface area contributed by atoms with Crippen LogP contribution in [-0.4, -0.2) is 21.0 Å². The number of nitrogens with zero attached hydrogens (tertiary/aromatic N) is 2. The van der Waals surface area contributed by atoms with Gasteiger partial charge in [-0.05, 0) is 24.8 Å². The van der Waals surface area contributed by atoms with Crippen LogP contribution in [0.3, 0.4) is 0 Å². The molecule has 1 aliphatic carbocycles. The molecule has 1 aromatic heterocycles. The second-order valence-corrected chi connectivity index (χ2v) is 4.59. The minimum atomic E-state index is -0.176. The first-order valence-corrected chi connectivity index (χ1v) is 5.97. The summed E-state index contributed by atoms with van der Waals surface area (Å²) in [6.45, 7) is 2.97. The number of aromatic nitrogens is 2. The summed E-state index contributed by atoms with van der Waals surface area (Å²) in [4.78, 5) is 0. The van der Waals surface area contributed by atoms with Crippen molar-refractivity contribution >= 4 is 0 Å². The Morgan fingerprint density at radius 2 is 2.40 bits per heavy atom.